The fourth-order valence-corrected chi connectivity index (χ4v) is 2.40. The van der Waals surface area contributed by atoms with Crippen molar-refractivity contribution >= 4 is 9.84 Å². The van der Waals surface area contributed by atoms with Crippen LogP contribution in [0.4, 0.5) is 0 Å². The molecule has 0 aromatic heterocycles. The first-order valence-corrected chi connectivity index (χ1v) is 7.97. The molecule has 0 heterocycles. The van der Waals surface area contributed by atoms with Crippen molar-refractivity contribution in [3.05, 3.63) is 41.5 Å². The molecule has 0 saturated heterocycles. The van der Waals surface area contributed by atoms with E-state index in [-0.39, 0.29) is 16.1 Å². The summed E-state index contributed by atoms with van der Waals surface area (Å²) < 4.78 is 29.7. The van der Waals surface area contributed by atoms with Crippen LogP contribution in [-0.2, 0) is 14.6 Å². The van der Waals surface area contributed by atoms with Crippen molar-refractivity contribution in [2.75, 3.05) is 6.61 Å². The van der Waals surface area contributed by atoms with Crippen molar-refractivity contribution in [3.63, 3.8) is 0 Å². The summed E-state index contributed by atoms with van der Waals surface area (Å²) >= 11 is 0. The molecule has 0 atom stereocenters. The Labute approximate surface area is 121 Å². The van der Waals surface area contributed by atoms with E-state index < -0.39 is 9.84 Å². The van der Waals surface area contributed by atoms with E-state index in [4.69, 9.17) is 4.74 Å². The van der Waals surface area contributed by atoms with Gasteiger partial charge in [-0.3, -0.25) is 0 Å². The van der Waals surface area contributed by atoms with Gasteiger partial charge in [-0.15, -0.1) is 0 Å². The molecule has 0 spiro atoms. The number of allylic oxidation sites excluding steroid dienone is 1. The van der Waals surface area contributed by atoms with Crippen LogP contribution >= 0.6 is 0 Å². The van der Waals surface area contributed by atoms with Gasteiger partial charge < -0.3 is 4.74 Å². The molecule has 0 radical (unpaired) electrons. The minimum absolute atomic E-state index is 0.172. The Hall–Kier alpha value is -1.73. The Morgan fingerprint density at radius 2 is 1.85 bits per heavy atom. The molecule has 0 aliphatic heterocycles. The third-order valence-electron chi connectivity index (χ3n) is 2.19. The van der Waals surface area contributed by atoms with E-state index in [1.165, 1.54) is 0 Å². The van der Waals surface area contributed by atoms with E-state index in [1.807, 2.05) is 20.8 Å². The number of hydrogen-bond donors (Lipinski definition) is 0. The maximum Gasteiger partial charge on any atom is 0.204 e. The number of ether oxygens (including phenoxy) is 1. The molecule has 0 aliphatic carbocycles. The maximum atomic E-state index is 12.2. The Balaban J connectivity index is 3.17. The van der Waals surface area contributed by atoms with Gasteiger partial charge in [-0.25, -0.2) is 8.42 Å². The number of sulfone groups is 1. The van der Waals surface area contributed by atoms with Crippen LogP contribution in [0.5, 0.6) is 0 Å². The summed E-state index contributed by atoms with van der Waals surface area (Å²) in [6.07, 6.45) is 0. The highest BCUT2D eigenvalue weighted by Gasteiger charge is 2.13. The van der Waals surface area contributed by atoms with Gasteiger partial charge in [-0.1, -0.05) is 24.1 Å². The summed E-state index contributed by atoms with van der Waals surface area (Å²) in [5, 5.41) is 1.09. The van der Waals surface area contributed by atoms with Gasteiger partial charge in [0, 0.05) is 5.41 Å². The third kappa shape index (κ3) is 5.50. The van der Waals surface area contributed by atoms with Crippen molar-refractivity contribution in [1.29, 1.82) is 0 Å². The van der Waals surface area contributed by atoms with Gasteiger partial charge in [0.05, 0.1) is 16.9 Å². The molecule has 1 rings (SSSR count). The number of benzene rings is 1. The quantitative estimate of drug-likeness (QED) is 0.631. The average molecular weight is 292 g/mol. The zero-order chi connectivity index (χ0) is 15.2. The Morgan fingerprint density at radius 3 is 2.35 bits per heavy atom. The molecule has 20 heavy (non-hydrogen) atoms. The molecule has 1 aromatic carbocycles. The van der Waals surface area contributed by atoms with Crippen molar-refractivity contribution in [1.82, 2.24) is 0 Å². The molecule has 0 bridgehead atoms. The first kappa shape index (κ1) is 16.3. The van der Waals surface area contributed by atoms with Crippen LogP contribution in [0.25, 0.3) is 0 Å². The van der Waals surface area contributed by atoms with E-state index in [9.17, 15) is 8.42 Å². The normalized spacial score (nSPS) is 12.5. The van der Waals surface area contributed by atoms with Gasteiger partial charge in [0.15, 0.2) is 5.76 Å². The van der Waals surface area contributed by atoms with Gasteiger partial charge in [0.2, 0.25) is 9.84 Å². The van der Waals surface area contributed by atoms with E-state index in [1.54, 1.807) is 37.3 Å². The van der Waals surface area contributed by atoms with Crippen molar-refractivity contribution in [3.8, 4) is 11.8 Å². The Kier molecular flexibility index (Phi) is 5.41. The molecule has 0 amide bonds. The molecule has 0 fully saturated rings. The summed E-state index contributed by atoms with van der Waals surface area (Å²) in [7, 11) is -3.54. The van der Waals surface area contributed by atoms with Gasteiger partial charge >= 0.3 is 0 Å². The smallest absolute Gasteiger partial charge is 0.204 e. The van der Waals surface area contributed by atoms with Crippen LogP contribution in [0.15, 0.2) is 46.4 Å². The zero-order valence-corrected chi connectivity index (χ0v) is 13.1. The lowest BCUT2D eigenvalue weighted by atomic mass is 9.98. The van der Waals surface area contributed by atoms with Crippen molar-refractivity contribution < 1.29 is 13.2 Å². The predicted molar refractivity (Wildman–Crippen MR) is 80.6 cm³/mol. The van der Waals surface area contributed by atoms with E-state index in [0.29, 0.717) is 6.61 Å². The average Bonchev–Trinajstić information content (AvgIpc) is 2.36. The highest BCUT2D eigenvalue weighted by atomic mass is 32.2. The Morgan fingerprint density at radius 1 is 1.25 bits per heavy atom. The fraction of sp³-hybridized carbons (Fsp3) is 0.375. The summed E-state index contributed by atoms with van der Waals surface area (Å²) in [5.41, 5.74) is -0.216. The second-order valence-corrected chi connectivity index (χ2v) is 7.07. The van der Waals surface area contributed by atoms with Crippen LogP contribution in [0.3, 0.4) is 0 Å². The Bertz CT molecular complexity index is 624. The fourth-order valence-electron chi connectivity index (χ4n) is 1.32. The van der Waals surface area contributed by atoms with Crippen LogP contribution < -0.4 is 0 Å². The summed E-state index contributed by atoms with van der Waals surface area (Å²) in [6, 6.07) is 8.23. The standard InChI is InChI=1S/C16H20O3S/c1-5-19-14(11-12-16(2,3)4)13-20(17,18)15-9-7-6-8-10-15/h6-10,13H,5H2,1-4H3/b14-13-. The minimum atomic E-state index is -3.54. The lowest BCUT2D eigenvalue weighted by Crippen LogP contribution is -2.02. The lowest BCUT2D eigenvalue weighted by molar-refractivity contribution is 0.246. The van der Waals surface area contributed by atoms with Crippen LogP contribution in [0.1, 0.15) is 27.7 Å². The molecule has 0 aliphatic rings. The second-order valence-electron chi connectivity index (χ2n) is 5.27. The first-order valence-electron chi connectivity index (χ1n) is 6.42. The summed E-state index contributed by atoms with van der Waals surface area (Å²) in [6.45, 7) is 8.02. The largest absolute Gasteiger partial charge is 0.485 e. The summed E-state index contributed by atoms with van der Waals surface area (Å²) in [5.74, 6) is 5.94. The van der Waals surface area contributed by atoms with Crippen LogP contribution in [0, 0.1) is 17.3 Å². The maximum absolute atomic E-state index is 12.2. The summed E-state index contributed by atoms with van der Waals surface area (Å²) in [4.78, 5) is 0.231. The SMILES string of the molecule is CCO/C(C#CC(C)(C)C)=C\S(=O)(=O)c1ccccc1. The van der Waals surface area contributed by atoms with Gasteiger partial charge in [0.1, 0.15) is 0 Å². The molecule has 1 aromatic rings. The van der Waals surface area contributed by atoms with Crippen LogP contribution in [-0.4, -0.2) is 15.0 Å². The molecular weight excluding hydrogens is 272 g/mol. The molecule has 0 saturated carbocycles. The van der Waals surface area contributed by atoms with E-state index >= 15 is 0 Å². The van der Waals surface area contributed by atoms with Crippen molar-refractivity contribution in [2.24, 2.45) is 5.41 Å². The van der Waals surface area contributed by atoms with Gasteiger partial charge in [-0.05, 0) is 45.7 Å². The monoisotopic (exact) mass is 292 g/mol. The number of hydrogen-bond acceptors (Lipinski definition) is 3. The van der Waals surface area contributed by atoms with Gasteiger partial charge in [-0.2, -0.15) is 0 Å². The number of rotatable bonds is 4. The first-order chi connectivity index (χ1) is 9.24. The van der Waals surface area contributed by atoms with E-state index in [0.717, 1.165) is 5.41 Å². The van der Waals surface area contributed by atoms with Crippen molar-refractivity contribution in [2.45, 2.75) is 32.6 Å². The predicted octanol–water partition coefficient (Wildman–Crippen LogP) is 3.39. The minimum Gasteiger partial charge on any atom is -0.485 e. The molecule has 0 unspecified atom stereocenters. The second kappa shape index (κ2) is 6.62. The third-order valence-corrected chi connectivity index (χ3v) is 3.65. The zero-order valence-electron chi connectivity index (χ0n) is 12.3. The molecule has 3 nitrogen and oxygen atoms in total. The van der Waals surface area contributed by atoms with Crippen LogP contribution in [0.2, 0.25) is 0 Å². The highest BCUT2D eigenvalue weighted by Crippen LogP contribution is 2.15. The highest BCUT2D eigenvalue weighted by molar-refractivity contribution is 7.94. The lowest BCUT2D eigenvalue weighted by Gasteiger charge is -2.08. The molecule has 108 valence electrons. The van der Waals surface area contributed by atoms with E-state index in [2.05, 4.69) is 11.8 Å². The molecule has 0 N–H and O–H groups in total. The molecular formula is C16H20O3S. The topological polar surface area (TPSA) is 43.4 Å². The van der Waals surface area contributed by atoms with Gasteiger partial charge in [0.25, 0.3) is 0 Å². The molecule has 4 heteroatoms.